The fourth-order valence-electron chi connectivity index (χ4n) is 1.79. The average Bonchev–Trinajstić information content (AvgIpc) is 2.41. The lowest BCUT2D eigenvalue weighted by Gasteiger charge is -2.11. The van der Waals surface area contributed by atoms with Crippen molar-refractivity contribution < 1.29 is 9.84 Å². The first kappa shape index (κ1) is 12.7. The van der Waals surface area contributed by atoms with Crippen LogP contribution in [-0.4, -0.2) is 5.11 Å². The van der Waals surface area contributed by atoms with Crippen molar-refractivity contribution in [2.75, 3.05) is 0 Å². The van der Waals surface area contributed by atoms with Gasteiger partial charge in [-0.2, -0.15) is 0 Å². The lowest BCUT2D eigenvalue weighted by atomic mass is 10.1. The zero-order valence-corrected chi connectivity index (χ0v) is 10.8. The van der Waals surface area contributed by atoms with Crippen molar-refractivity contribution in [2.45, 2.75) is 26.4 Å². The summed E-state index contributed by atoms with van der Waals surface area (Å²) < 4.78 is 5.80. The van der Waals surface area contributed by atoms with E-state index >= 15 is 0 Å². The Morgan fingerprint density at radius 2 is 1.72 bits per heavy atom. The normalized spacial score (nSPS) is 12.2. The topological polar surface area (TPSA) is 29.5 Å². The largest absolute Gasteiger partial charge is 0.457 e. The minimum absolute atomic E-state index is 0.391. The minimum atomic E-state index is -0.391. The van der Waals surface area contributed by atoms with Gasteiger partial charge in [0.05, 0.1) is 6.10 Å². The van der Waals surface area contributed by atoms with Crippen molar-refractivity contribution in [2.24, 2.45) is 0 Å². The third-order valence-corrected chi connectivity index (χ3v) is 2.97. The molecule has 0 aromatic heterocycles. The van der Waals surface area contributed by atoms with Crippen LogP contribution in [0.15, 0.2) is 48.5 Å². The van der Waals surface area contributed by atoms with Gasteiger partial charge in [0, 0.05) is 0 Å². The van der Waals surface area contributed by atoms with E-state index in [2.05, 4.69) is 0 Å². The molecule has 0 aliphatic rings. The molecule has 0 radical (unpaired) electrons. The number of aliphatic hydroxyl groups is 1. The summed E-state index contributed by atoms with van der Waals surface area (Å²) in [6.07, 6.45) is 0.329. The van der Waals surface area contributed by atoms with Gasteiger partial charge in [-0.05, 0) is 42.7 Å². The molecule has 0 aliphatic heterocycles. The summed E-state index contributed by atoms with van der Waals surface area (Å²) in [6, 6.07) is 15.5. The summed E-state index contributed by atoms with van der Waals surface area (Å²) >= 11 is 0. The van der Waals surface area contributed by atoms with Crippen molar-refractivity contribution in [3.8, 4) is 11.5 Å². The van der Waals surface area contributed by atoms with Crippen LogP contribution < -0.4 is 4.74 Å². The first-order chi connectivity index (χ1) is 8.70. The summed E-state index contributed by atoms with van der Waals surface area (Å²) in [5.74, 6) is 1.65. The average molecular weight is 242 g/mol. The Kier molecular flexibility index (Phi) is 4.00. The SMILES string of the molecule is CC[C@H](O)c1ccc(Oc2ccccc2C)cc1. The molecule has 18 heavy (non-hydrogen) atoms. The zero-order chi connectivity index (χ0) is 13.0. The third-order valence-electron chi connectivity index (χ3n) is 2.97. The van der Waals surface area contributed by atoms with E-state index in [0.717, 1.165) is 29.0 Å². The lowest BCUT2D eigenvalue weighted by molar-refractivity contribution is 0.173. The number of hydrogen-bond acceptors (Lipinski definition) is 2. The van der Waals surface area contributed by atoms with Gasteiger partial charge in [0.15, 0.2) is 0 Å². The van der Waals surface area contributed by atoms with E-state index in [1.165, 1.54) is 0 Å². The van der Waals surface area contributed by atoms with E-state index in [-0.39, 0.29) is 0 Å². The highest BCUT2D eigenvalue weighted by Crippen LogP contribution is 2.26. The van der Waals surface area contributed by atoms with Gasteiger partial charge in [-0.3, -0.25) is 0 Å². The smallest absolute Gasteiger partial charge is 0.130 e. The Morgan fingerprint density at radius 3 is 2.33 bits per heavy atom. The predicted molar refractivity (Wildman–Crippen MR) is 72.9 cm³/mol. The molecule has 0 spiro atoms. The molecule has 0 unspecified atom stereocenters. The van der Waals surface area contributed by atoms with E-state index < -0.39 is 6.10 Å². The van der Waals surface area contributed by atoms with Gasteiger partial charge < -0.3 is 9.84 Å². The van der Waals surface area contributed by atoms with E-state index in [1.54, 1.807) is 0 Å². The standard InChI is InChI=1S/C16H18O2/c1-3-15(17)13-8-10-14(11-9-13)18-16-7-5-4-6-12(16)2/h4-11,15,17H,3H2,1-2H3/t15-/m0/s1. The Balaban J connectivity index is 2.14. The molecule has 0 saturated heterocycles. The summed E-state index contributed by atoms with van der Waals surface area (Å²) in [7, 11) is 0. The van der Waals surface area contributed by atoms with Crippen LogP contribution in [0.3, 0.4) is 0 Å². The highest BCUT2D eigenvalue weighted by Gasteiger charge is 2.05. The van der Waals surface area contributed by atoms with Gasteiger partial charge in [0.2, 0.25) is 0 Å². The molecule has 0 amide bonds. The van der Waals surface area contributed by atoms with Crippen LogP contribution in [0.2, 0.25) is 0 Å². The molecule has 0 saturated carbocycles. The second kappa shape index (κ2) is 5.69. The van der Waals surface area contributed by atoms with Gasteiger partial charge in [-0.1, -0.05) is 37.3 Å². The maximum absolute atomic E-state index is 9.71. The van der Waals surface area contributed by atoms with E-state index in [9.17, 15) is 5.11 Å². The van der Waals surface area contributed by atoms with E-state index in [0.29, 0.717) is 0 Å². The zero-order valence-electron chi connectivity index (χ0n) is 10.8. The number of aliphatic hydroxyl groups excluding tert-OH is 1. The highest BCUT2D eigenvalue weighted by atomic mass is 16.5. The lowest BCUT2D eigenvalue weighted by Crippen LogP contribution is -1.94. The van der Waals surface area contributed by atoms with Crippen LogP contribution in [0.25, 0.3) is 0 Å². The van der Waals surface area contributed by atoms with Crippen LogP contribution in [0.4, 0.5) is 0 Å². The maximum atomic E-state index is 9.71. The molecule has 2 nitrogen and oxygen atoms in total. The van der Waals surface area contributed by atoms with Crippen molar-refractivity contribution >= 4 is 0 Å². The van der Waals surface area contributed by atoms with Gasteiger partial charge >= 0.3 is 0 Å². The maximum Gasteiger partial charge on any atom is 0.130 e. The number of benzene rings is 2. The first-order valence-corrected chi connectivity index (χ1v) is 6.22. The number of ether oxygens (including phenoxy) is 1. The molecule has 2 heteroatoms. The number of rotatable bonds is 4. The van der Waals surface area contributed by atoms with Crippen LogP contribution >= 0.6 is 0 Å². The fourth-order valence-corrected chi connectivity index (χ4v) is 1.79. The van der Waals surface area contributed by atoms with Crippen LogP contribution in [0.1, 0.15) is 30.6 Å². The second-order valence-corrected chi connectivity index (χ2v) is 4.36. The first-order valence-electron chi connectivity index (χ1n) is 6.22. The van der Waals surface area contributed by atoms with Gasteiger partial charge in [-0.15, -0.1) is 0 Å². The molecule has 1 atom stereocenters. The number of hydrogen-bond donors (Lipinski definition) is 1. The van der Waals surface area contributed by atoms with E-state index in [4.69, 9.17) is 4.74 Å². The van der Waals surface area contributed by atoms with Crippen molar-refractivity contribution in [3.63, 3.8) is 0 Å². The summed E-state index contributed by atoms with van der Waals surface area (Å²) in [5.41, 5.74) is 2.03. The minimum Gasteiger partial charge on any atom is -0.457 e. The molecule has 0 fully saturated rings. The van der Waals surface area contributed by atoms with Crippen molar-refractivity contribution in [1.82, 2.24) is 0 Å². The van der Waals surface area contributed by atoms with Crippen molar-refractivity contribution in [3.05, 3.63) is 59.7 Å². The molecule has 2 rings (SSSR count). The summed E-state index contributed by atoms with van der Waals surface area (Å²) in [5, 5.41) is 9.71. The summed E-state index contributed by atoms with van der Waals surface area (Å²) in [6.45, 7) is 3.98. The van der Waals surface area contributed by atoms with Crippen LogP contribution in [0.5, 0.6) is 11.5 Å². The second-order valence-electron chi connectivity index (χ2n) is 4.36. The molecule has 2 aromatic carbocycles. The molecule has 0 bridgehead atoms. The molecule has 94 valence electrons. The highest BCUT2D eigenvalue weighted by molar-refractivity contribution is 5.37. The molecule has 2 aromatic rings. The van der Waals surface area contributed by atoms with Crippen molar-refractivity contribution in [1.29, 1.82) is 0 Å². The molecular weight excluding hydrogens is 224 g/mol. The molecule has 0 heterocycles. The van der Waals surface area contributed by atoms with Crippen LogP contribution in [-0.2, 0) is 0 Å². The number of aryl methyl sites for hydroxylation is 1. The Labute approximate surface area is 108 Å². The predicted octanol–water partition coefficient (Wildman–Crippen LogP) is 4.23. The van der Waals surface area contributed by atoms with Gasteiger partial charge in [-0.25, -0.2) is 0 Å². The van der Waals surface area contributed by atoms with Gasteiger partial charge in [0.25, 0.3) is 0 Å². The monoisotopic (exact) mass is 242 g/mol. The molecule has 0 aliphatic carbocycles. The molecule has 1 N–H and O–H groups in total. The third kappa shape index (κ3) is 2.90. The van der Waals surface area contributed by atoms with Crippen LogP contribution in [0, 0.1) is 6.92 Å². The van der Waals surface area contributed by atoms with E-state index in [1.807, 2.05) is 62.4 Å². The quantitative estimate of drug-likeness (QED) is 0.869. The van der Waals surface area contributed by atoms with Gasteiger partial charge in [0.1, 0.15) is 11.5 Å². The Morgan fingerprint density at radius 1 is 1.06 bits per heavy atom. The summed E-state index contributed by atoms with van der Waals surface area (Å²) in [4.78, 5) is 0. The Bertz CT molecular complexity index is 503. The molecular formula is C16H18O2. The fraction of sp³-hybridized carbons (Fsp3) is 0.250. The number of para-hydroxylation sites is 1. The Hall–Kier alpha value is -1.80.